The summed E-state index contributed by atoms with van der Waals surface area (Å²) in [4.78, 5) is 13.0. The summed E-state index contributed by atoms with van der Waals surface area (Å²) in [5.41, 5.74) is 1.77. The van der Waals surface area contributed by atoms with Gasteiger partial charge in [0.1, 0.15) is 10.5 Å². The normalized spacial score (nSPS) is 18.5. The standard InChI is InChI=1S/C9H13N3OS/c1-7(13)12-4-2-8(3-5-12)9-11-10-6-14-9/h6,8H,2-5H2,1H3. The van der Waals surface area contributed by atoms with Gasteiger partial charge in [-0.15, -0.1) is 21.5 Å². The van der Waals surface area contributed by atoms with Crippen molar-refractivity contribution in [1.29, 1.82) is 0 Å². The molecule has 1 aliphatic heterocycles. The van der Waals surface area contributed by atoms with E-state index in [9.17, 15) is 4.79 Å². The fraction of sp³-hybridized carbons (Fsp3) is 0.667. The highest BCUT2D eigenvalue weighted by Crippen LogP contribution is 2.28. The smallest absolute Gasteiger partial charge is 0.219 e. The molecule has 0 unspecified atom stereocenters. The van der Waals surface area contributed by atoms with Crippen LogP contribution in [0, 0.1) is 0 Å². The van der Waals surface area contributed by atoms with Crippen molar-refractivity contribution in [2.75, 3.05) is 13.1 Å². The molecule has 76 valence electrons. The monoisotopic (exact) mass is 211 g/mol. The second-order valence-electron chi connectivity index (χ2n) is 3.56. The van der Waals surface area contributed by atoms with Crippen LogP contribution in [0.1, 0.15) is 30.7 Å². The molecule has 0 saturated carbocycles. The van der Waals surface area contributed by atoms with Crippen LogP contribution in [-0.4, -0.2) is 34.1 Å². The van der Waals surface area contributed by atoms with Gasteiger partial charge in [-0.2, -0.15) is 0 Å². The Hall–Kier alpha value is -0.970. The van der Waals surface area contributed by atoms with Crippen LogP contribution in [-0.2, 0) is 4.79 Å². The minimum Gasteiger partial charge on any atom is -0.343 e. The molecule has 1 aromatic rings. The molecule has 2 rings (SSSR count). The number of likely N-dealkylation sites (tertiary alicyclic amines) is 1. The predicted molar refractivity (Wildman–Crippen MR) is 54.1 cm³/mol. The third-order valence-electron chi connectivity index (χ3n) is 2.67. The molecule has 2 heterocycles. The molecule has 1 saturated heterocycles. The van der Waals surface area contributed by atoms with Gasteiger partial charge in [-0.25, -0.2) is 0 Å². The van der Waals surface area contributed by atoms with Gasteiger partial charge in [0.25, 0.3) is 0 Å². The summed E-state index contributed by atoms with van der Waals surface area (Å²) >= 11 is 1.61. The lowest BCUT2D eigenvalue weighted by Crippen LogP contribution is -2.36. The first-order valence-corrected chi connectivity index (χ1v) is 5.67. The Bertz CT molecular complexity index is 304. The molecule has 0 N–H and O–H groups in total. The number of aromatic nitrogens is 2. The van der Waals surface area contributed by atoms with E-state index in [2.05, 4.69) is 10.2 Å². The van der Waals surface area contributed by atoms with Crippen molar-refractivity contribution in [3.05, 3.63) is 10.5 Å². The minimum atomic E-state index is 0.181. The summed E-state index contributed by atoms with van der Waals surface area (Å²) in [6, 6.07) is 0. The van der Waals surface area contributed by atoms with E-state index in [0.29, 0.717) is 5.92 Å². The topological polar surface area (TPSA) is 46.1 Å². The first-order chi connectivity index (χ1) is 6.77. The largest absolute Gasteiger partial charge is 0.343 e. The highest BCUT2D eigenvalue weighted by atomic mass is 32.1. The molecule has 1 aliphatic rings. The zero-order valence-corrected chi connectivity index (χ0v) is 8.96. The minimum absolute atomic E-state index is 0.181. The number of hydrogen-bond acceptors (Lipinski definition) is 4. The molecule has 1 amide bonds. The van der Waals surface area contributed by atoms with Crippen molar-refractivity contribution < 1.29 is 4.79 Å². The molecular weight excluding hydrogens is 198 g/mol. The van der Waals surface area contributed by atoms with Gasteiger partial charge in [0.15, 0.2) is 0 Å². The zero-order valence-electron chi connectivity index (χ0n) is 8.14. The average Bonchev–Trinajstić information content (AvgIpc) is 2.71. The highest BCUT2D eigenvalue weighted by molar-refractivity contribution is 7.09. The van der Waals surface area contributed by atoms with Crippen molar-refractivity contribution in [1.82, 2.24) is 15.1 Å². The summed E-state index contributed by atoms with van der Waals surface area (Å²) in [6.07, 6.45) is 2.05. The van der Waals surface area contributed by atoms with Gasteiger partial charge >= 0.3 is 0 Å². The fourth-order valence-corrected chi connectivity index (χ4v) is 2.53. The molecule has 0 bridgehead atoms. The Kier molecular flexibility index (Phi) is 2.77. The van der Waals surface area contributed by atoms with E-state index in [1.54, 1.807) is 23.8 Å². The molecule has 0 aliphatic carbocycles. The number of carbonyl (C=O) groups excluding carboxylic acids is 1. The molecule has 1 fully saturated rings. The van der Waals surface area contributed by atoms with Gasteiger partial charge < -0.3 is 4.90 Å². The fourth-order valence-electron chi connectivity index (χ4n) is 1.80. The number of carbonyl (C=O) groups is 1. The number of nitrogens with zero attached hydrogens (tertiary/aromatic N) is 3. The van der Waals surface area contributed by atoms with Gasteiger partial charge in [0.2, 0.25) is 5.91 Å². The van der Waals surface area contributed by atoms with Crippen LogP contribution in [0.4, 0.5) is 0 Å². The Morgan fingerprint density at radius 2 is 2.29 bits per heavy atom. The highest BCUT2D eigenvalue weighted by Gasteiger charge is 2.23. The molecule has 5 heteroatoms. The summed E-state index contributed by atoms with van der Waals surface area (Å²) in [7, 11) is 0. The van der Waals surface area contributed by atoms with E-state index in [1.807, 2.05) is 4.90 Å². The summed E-state index contributed by atoms with van der Waals surface area (Å²) < 4.78 is 0. The van der Waals surface area contributed by atoms with Crippen LogP contribution in [0.25, 0.3) is 0 Å². The van der Waals surface area contributed by atoms with E-state index in [0.717, 1.165) is 30.9 Å². The average molecular weight is 211 g/mol. The summed E-state index contributed by atoms with van der Waals surface area (Å²) in [5, 5.41) is 9.03. The van der Waals surface area contributed by atoms with Gasteiger partial charge in [-0.1, -0.05) is 0 Å². The Balaban J connectivity index is 1.93. The molecule has 1 aromatic heterocycles. The lowest BCUT2D eigenvalue weighted by atomic mass is 9.98. The van der Waals surface area contributed by atoms with Crippen molar-refractivity contribution in [2.24, 2.45) is 0 Å². The van der Waals surface area contributed by atoms with Crippen LogP contribution >= 0.6 is 11.3 Å². The molecule has 0 aromatic carbocycles. The predicted octanol–water partition coefficient (Wildman–Crippen LogP) is 1.26. The van der Waals surface area contributed by atoms with Gasteiger partial charge in [-0.05, 0) is 12.8 Å². The van der Waals surface area contributed by atoms with Crippen LogP contribution < -0.4 is 0 Å². The van der Waals surface area contributed by atoms with Crippen molar-refractivity contribution in [2.45, 2.75) is 25.7 Å². The summed E-state index contributed by atoms with van der Waals surface area (Å²) in [6.45, 7) is 3.35. The lowest BCUT2D eigenvalue weighted by molar-refractivity contribution is -0.129. The van der Waals surface area contributed by atoms with E-state index >= 15 is 0 Å². The molecular formula is C9H13N3OS. The number of amides is 1. The van der Waals surface area contributed by atoms with Crippen molar-refractivity contribution >= 4 is 17.2 Å². The maximum atomic E-state index is 11.1. The first-order valence-electron chi connectivity index (χ1n) is 4.79. The molecule has 14 heavy (non-hydrogen) atoms. The maximum absolute atomic E-state index is 11.1. The molecule has 0 radical (unpaired) electrons. The van der Waals surface area contributed by atoms with E-state index < -0.39 is 0 Å². The summed E-state index contributed by atoms with van der Waals surface area (Å²) in [5.74, 6) is 0.693. The van der Waals surface area contributed by atoms with Gasteiger partial charge in [-0.3, -0.25) is 4.79 Å². The quantitative estimate of drug-likeness (QED) is 0.702. The second kappa shape index (κ2) is 4.04. The second-order valence-corrected chi connectivity index (χ2v) is 4.42. The SMILES string of the molecule is CC(=O)N1CCC(c2nncs2)CC1. The van der Waals surface area contributed by atoms with Gasteiger partial charge in [0, 0.05) is 25.9 Å². The number of hydrogen-bond donors (Lipinski definition) is 0. The number of rotatable bonds is 1. The Morgan fingerprint density at radius 3 is 2.79 bits per heavy atom. The van der Waals surface area contributed by atoms with Gasteiger partial charge in [0.05, 0.1) is 0 Å². The van der Waals surface area contributed by atoms with Crippen molar-refractivity contribution in [3.8, 4) is 0 Å². The Labute approximate surface area is 86.9 Å². The third kappa shape index (κ3) is 1.92. The van der Waals surface area contributed by atoms with E-state index in [4.69, 9.17) is 0 Å². The lowest BCUT2D eigenvalue weighted by Gasteiger charge is -2.29. The molecule has 0 spiro atoms. The van der Waals surface area contributed by atoms with Crippen LogP contribution in [0.3, 0.4) is 0 Å². The Morgan fingerprint density at radius 1 is 1.57 bits per heavy atom. The molecule has 4 nitrogen and oxygen atoms in total. The van der Waals surface area contributed by atoms with E-state index in [-0.39, 0.29) is 5.91 Å². The van der Waals surface area contributed by atoms with Crippen LogP contribution in [0.5, 0.6) is 0 Å². The zero-order chi connectivity index (χ0) is 9.97. The molecule has 0 atom stereocenters. The van der Waals surface area contributed by atoms with Crippen LogP contribution in [0.15, 0.2) is 5.51 Å². The van der Waals surface area contributed by atoms with Crippen molar-refractivity contribution in [3.63, 3.8) is 0 Å². The maximum Gasteiger partial charge on any atom is 0.219 e. The number of piperidine rings is 1. The first kappa shape index (κ1) is 9.58. The van der Waals surface area contributed by atoms with E-state index in [1.165, 1.54) is 0 Å². The third-order valence-corrected chi connectivity index (χ3v) is 3.52. The van der Waals surface area contributed by atoms with Crippen LogP contribution in [0.2, 0.25) is 0 Å².